The van der Waals surface area contributed by atoms with Gasteiger partial charge in [-0.15, -0.1) is 0 Å². The van der Waals surface area contributed by atoms with Crippen molar-refractivity contribution in [3.63, 3.8) is 0 Å². The van der Waals surface area contributed by atoms with Gasteiger partial charge in [-0.25, -0.2) is 14.4 Å². The van der Waals surface area contributed by atoms with E-state index in [-0.39, 0.29) is 77.7 Å². The third-order valence-electron chi connectivity index (χ3n) is 9.45. The second-order valence-electron chi connectivity index (χ2n) is 13.6. The molecule has 0 unspecified atom stereocenters. The first-order chi connectivity index (χ1) is 27.9. The van der Waals surface area contributed by atoms with Crippen LogP contribution in [-0.4, -0.2) is 74.3 Å². The van der Waals surface area contributed by atoms with Crippen LogP contribution in [0.5, 0.6) is 11.5 Å². The van der Waals surface area contributed by atoms with Crippen molar-refractivity contribution in [3.8, 4) is 11.5 Å². The van der Waals surface area contributed by atoms with Gasteiger partial charge in [0.25, 0.3) is 5.70 Å². The number of ether oxygens (including phenoxy) is 7. The summed E-state index contributed by atoms with van der Waals surface area (Å²) >= 11 is 2.06. The molecule has 312 valence electrons. The molecule has 0 N–H and O–H groups in total. The fourth-order valence-electron chi connectivity index (χ4n) is 6.34. The maximum absolute atomic E-state index is 13.4. The summed E-state index contributed by atoms with van der Waals surface area (Å²) in [7, 11) is 0. The number of nitrogens with zero attached hydrogens (tertiary/aromatic N) is 1. The maximum Gasteiger partial charge on any atom is 0.338 e. The molecule has 0 spiro atoms. The van der Waals surface area contributed by atoms with Gasteiger partial charge in [-0.05, 0) is 89.2 Å². The van der Waals surface area contributed by atoms with Gasteiger partial charge >= 0.3 is 41.8 Å². The molecule has 1 aromatic rings. The molecule has 1 aliphatic heterocycles. The zero-order chi connectivity index (χ0) is 42.0. The van der Waals surface area contributed by atoms with Crippen LogP contribution in [0.2, 0.25) is 0 Å². The summed E-state index contributed by atoms with van der Waals surface area (Å²) in [5.74, 6) is -4.27. The second-order valence-corrected chi connectivity index (χ2v) is 15.9. The maximum atomic E-state index is 13.4. The minimum absolute atomic E-state index is 0.0107. The van der Waals surface area contributed by atoms with Crippen LogP contribution in [0.25, 0.3) is 4.85 Å². The Balaban J connectivity index is 1.24. The lowest BCUT2D eigenvalue weighted by Gasteiger charge is -2.30. The third kappa shape index (κ3) is 13.8. The lowest BCUT2D eigenvalue weighted by atomic mass is 9.82. The van der Waals surface area contributed by atoms with Crippen molar-refractivity contribution >= 4 is 65.3 Å². The Morgan fingerprint density at radius 3 is 1.60 bits per heavy atom. The number of rotatable bonds is 19. The third-order valence-corrected chi connectivity index (χ3v) is 12.1. The highest BCUT2D eigenvalue weighted by atomic mass is 32.2. The highest BCUT2D eigenvalue weighted by Crippen LogP contribution is 2.59. The van der Waals surface area contributed by atoms with E-state index < -0.39 is 35.8 Å². The summed E-state index contributed by atoms with van der Waals surface area (Å²) in [6.07, 6.45) is 7.62. The van der Waals surface area contributed by atoms with Crippen LogP contribution < -0.4 is 9.47 Å². The number of carbonyl (C=O) groups excluding carboxylic acids is 7. The van der Waals surface area contributed by atoms with Gasteiger partial charge in [0.05, 0.1) is 64.8 Å². The summed E-state index contributed by atoms with van der Waals surface area (Å²) in [4.78, 5) is 90.1. The summed E-state index contributed by atoms with van der Waals surface area (Å²) in [6, 6.07) is 2.98. The lowest BCUT2D eigenvalue weighted by molar-refractivity contribution is -0.160. The monoisotopic (exact) mass is 841 g/mol. The summed E-state index contributed by atoms with van der Waals surface area (Å²) in [5, 5.41) is 0. The van der Waals surface area contributed by atoms with Gasteiger partial charge in [-0.2, -0.15) is 0 Å². The number of carbonyl (C=O) groups is 7. The minimum atomic E-state index is -0.853. The van der Waals surface area contributed by atoms with Crippen LogP contribution in [0.1, 0.15) is 84.0 Å². The fraction of sp³-hybridized carbons (Fsp3) is 0.512. The van der Waals surface area contributed by atoms with Crippen molar-refractivity contribution in [1.29, 1.82) is 0 Å². The minimum Gasteiger partial charge on any atom is -0.471 e. The van der Waals surface area contributed by atoms with Gasteiger partial charge in [0, 0.05) is 19.1 Å². The Morgan fingerprint density at radius 1 is 0.655 bits per heavy atom. The van der Waals surface area contributed by atoms with Crippen molar-refractivity contribution in [2.24, 2.45) is 17.8 Å². The quantitative estimate of drug-likeness (QED) is 0.0352. The van der Waals surface area contributed by atoms with Crippen LogP contribution in [0, 0.1) is 24.3 Å². The number of hydrogen-bond donors (Lipinski definition) is 0. The predicted molar refractivity (Wildman–Crippen MR) is 209 cm³/mol. The van der Waals surface area contributed by atoms with Crippen LogP contribution in [0.15, 0.2) is 57.2 Å². The van der Waals surface area contributed by atoms with Gasteiger partial charge in [0.15, 0.2) is 0 Å². The van der Waals surface area contributed by atoms with Crippen LogP contribution >= 0.6 is 23.5 Å². The van der Waals surface area contributed by atoms with Gasteiger partial charge < -0.3 is 33.2 Å². The Hall–Kier alpha value is -5.08. The molecule has 0 amide bonds. The Labute approximate surface area is 345 Å². The van der Waals surface area contributed by atoms with Gasteiger partial charge in [0.2, 0.25) is 0 Å². The highest BCUT2D eigenvalue weighted by molar-refractivity contribution is 8.24. The van der Waals surface area contributed by atoms with E-state index in [1.54, 1.807) is 0 Å². The van der Waals surface area contributed by atoms with Crippen LogP contribution in [0.3, 0.4) is 0 Å². The van der Waals surface area contributed by atoms with Crippen molar-refractivity contribution in [2.45, 2.75) is 99.9 Å². The molecule has 4 rings (SSSR count). The van der Waals surface area contributed by atoms with E-state index in [0.29, 0.717) is 86.8 Å². The average Bonchev–Trinajstić information content (AvgIpc) is 3.67. The Morgan fingerprint density at radius 2 is 1.10 bits per heavy atom. The first-order valence-electron chi connectivity index (χ1n) is 19.1. The number of unbranched alkanes of at least 4 members (excludes halogenated alkanes) is 2. The molecule has 58 heavy (non-hydrogen) atoms. The van der Waals surface area contributed by atoms with E-state index in [4.69, 9.17) is 39.7 Å². The molecule has 2 saturated carbocycles. The van der Waals surface area contributed by atoms with Crippen molar-refractivity contribution in [2.75, 3.05) is 26.4 Å². The Bertz CT molecular complexity index is 1800. The van der Waals surface area contributed by atoms with Gasteiger partial charge in [-0.3, -0.25) is 24.0 Å². The molecule has 17 heteroatoms. The second kappa shape index (κ2) is 23.4. The zero-order valence-corrected chi connectivity index (χ0v) is 34.0. The van der Waals surface area contributed by atoms with Gasteiger partial charge in [0.1, 0.15) is 17.6 Å². The fourth-order valence-corrected chi connectivity index (χ4v) is 8.89. The predicted octanol–water partition coefficient (Wildman–Crippen LogP) is 6.82. The molecule has 2 fully saturated rings. The molecule has 1 aromatic carbocycles. The SMILES string of the molecule is [C-]#[N+]C(C(=O)OCCCCOC(=O)C=C)=C1Sc2c(OC(C)=O)ccc(OC(=O)C3CCC(OC(=O)C4CCC(C(=O)OCCCCOC(=O)C=C)CC4)CC3)c2S1. The topological polar surface area (TPSA) is 188 Å². The first-order valence-corrected chi connectivity index (χ1v) is 20.7. The largest absolute Gasteiger partial charge is 0.471 e. The lowest BCUT2D eigenvalue weighted by Crippen LogP contribution is -2.33. The molecule has 15 nitrogen and oxygen atoms in total. The van der Waals surface area contributed by atoms with Crippen LogP contribution in [0.4, 0.5) is 0 Å². The van der Waals surface area contributed by atoms with Crippen molar-refractivity contribution < 1.29 is 66.7 Å². The zero-order valence-electron chi connectivity index (χ0n) is 32.3. The van der Waals surface area contributed by atoms with Crippen LogP contribution in [-0.2, 0) is 57.2 Å². The van der Waals surface area contributed by atoms with E-state index in [1.807, 2.05) is 0 Å². The number of benzene rings is 1. The first kappa shape index (κ1) is 45.6. The number of fused-ring (bicyclic) bond motifs is 1. The molecule has 2 aliphatic carbocycles. The normalized spacial score (nSPS) is 20.5. The average molecular weight is 842 g/mol. The van der Waals surface area contributed by atoms with Gasteiger partial charge in [-0.1, -0.05) is 36.7 Å². The number of hydrogen-bond acceptors (Lipinski definition) is 16. The standard InChI is InChI=1S/C41H47NO14S2/c1-5-32(44)50-21-7-9-23-52-37(46)26-11-13-27(14-12-26)38(47)55-29-17-15-28(16-18-29)39(48)56-31-20-19-30(54-25(3)43)35-36(31)58-41(57-35)34(42-4)40(49)53-24-10-8-22-51-33(45)6-2/h5-6,19-20,26-29H,1-2,7-18,21-24H2,3H3. The molecular weight excluding hydrogens is 795 g/mol. The van der Waals surface area contributed by atoms with E-state index in [9.17, 15) is 33.6 Å². The van der Waals surface area contributed by atoms with E-state index in [1.165, 1.54) is 19.1 Å². The van der Waals surface area contributed by atoms with E-state index in [2.05, 4.69) is 18.0 Å². The molecule has 0 atom stereocenters. The van der Waals surface area contributed by atoms with E-state index >= 15 is 0 Å². The molecule has 0 radical (unpaired) electrons. The summed E-state index contributed by atoms with van der Waals surface area (Å²) in [5.41, 5.74) is -0.285. The smallest absolute Gasteiger partial charge is 0.338 e. The molecule has 0 bridgehead atoms. The number of esters is 7. The molecular formula is C41H47NO14S2. The Kier molecular flexibility index (Phi) is 18.4. The highest BCUT2D eigenvalue weighted by Gasteiger charge is 2.36. The molecule has 1 heterocycles. The molecule has 0 aromatic heterocycles. The summed E-state index contributed by atoms with van der Waals surface area (Å²) in [6.45, 7) is 16.1. The number of thioether (sulfide) groups is 2. The van der Waals surface area contributed by atoms with Crippen molar-refractivity contribution in [3.05, 3.63) is 58.8 Å². The molecule has 0 saturated heterocycles. The van der Waals surface area contributed by atoms with Crippen molar-refractivity contribution in [1.82, 2.24) is 0 Å². The summed E-state index contributed by atoms with van der Waals surface area (Å²) < 4.78 is 37.8. The molecule has 3 aliphatic rings. The van der Waals surface area contributed by atoms with E-state index in [0.717, 1.165) is 35.7 Å².